The highest BCUT2D eigenvalue weighted by Gasteiger charge is 2.20. The number of furan rings is 1. The van der Waals surface area contributed by atoms with Crippen LogP contribution in [0.25, 0.3) is 0 Å². The quantitative estimate of drug-likeness (QED) is 0.810. The Balaban J connectivity index is 2.09. The lowest BCUT2D eigenvalue weighted by Crippen LogP contribution is -2.29. The van der Waals surface area contributed by atoms with Crippen molar-refractivity contribution in [2.75, 3.05) is 18.0 Å². The molecule has 0 amide bonds. The first kappa shape index (κ1) is 11.0. The van der Waals surface area contributed by atoms with Gasteiger partial charge in [0.1, 0.15) is 5.76 Å². The van der Waals surface area contributed by atoms with Crippen LogP contribution in [0.3, 0.4) is 0 Å². The third kappa shape index (κ3) is 2.19. The Labute approximate surface area is 93.8 Å². The Hall–Kier alpha value is -1.49. The van der Waals surface area contributed by atoms with Crippen LogP contribution in [0, 0.1) is 0 Å². The number of carbonyl (C=O) groups is 1. The SMILES string of the molecule is NC(C(=O)O)c1ccc(N2CCCCC2)o1. The van der Waals surface area contributed by atoms with Crippen LogP contribution in [-0.2, 0) is 4.79 Å². The predicted octanol–water partition coefficient (Wildman–Crippen LogP) is 1.35. The van der Waals surface area contributed by atoms with Crippen molar-refractivity contribution < 1.29 is 14.3 Å². The van der Waals surface area contributed by atoms with Gasteiger partial charge in [-0.15, -0.1) is 0 Å². The molecule has 5 nitrogen and oxygen atoms in total. The summed E-state index contributed by atoms with van der Waals surface area (Å²) in [6.45, 7) is 1.94. The van der Waals surface area contributed by atoms with Crippen LogP contribution in [0.1, 0.15) is 31.1 Å². The molecular weight excluding hydrogens is 208 g/mol. The van der Waals surface area contributed by atoms with Gasteiger partial charge in [-0.1, -0.05) is 0 Å². The summed E-state index contributed by atoms with van der Waals surface area (Å²) in [7, 11) is 0. The summed E-state index contributed by atoms with van der Waals surface area (Å²) >= 11 is 0. The van der Waals surface area contributed by atoms with Crippen molar-refractivity contribution in [3.63, 3.8) is 0 Å². The molecular formula is C11H16N2O3. The van der Waals surface area contributed by atoms with Crippen molar-refractivity contribution in [3.05, 3.63) is 17.9 Å². The smallest absolute Gasteiger partial charge is 0.328 e. The normalized spacial score (nSPS) is 18.4. The van der Waals surface area contributed by atoms with Crippen LogP contribution >= 0.6 is 0 Å². The fraction of sp³-hybridized carbons (Fsp3) is 0.545. The summed E-state index contributed by atoms with van der Waals surface area (Å²) in [5.74, 6) is -0.0287. The molecule has 1 unspecified atom stereocenters. The molecule has 3 N–H and O–H groups in total. The number of hydrogen-bond donors (Lipinski definition) is 2. The standard InChI is InChI=1S/C11H16N2O3/c12-10(11(14)15)8-4-5-9(16-8)13-6-2-1-3-7-13/h4-5,10H,1-3,6-7,12H2,(H,14,15). The van der Waals surface area contributed by atoms with Crippen LogP contribution in [0.2, 0.25) is 0 Å². The molecule has 16 heavy (non-hydrogen) atoms. The number of nitrogens with zero attached hydrogens (tertiary/aromatic N) is 1. The summed E-state index contributed by atoms with van der Waals surface area (Å²) < 4.78 is 5.47. The number of aliphatic carboxylic acids is 1. The Kier molecular flexibility index (Phi) is 3.14. The van der Waals surface area contributed by atoms with Crippen LogP contribution in [-0.4, -0.2) is 24.2 Å². The fourth-order valence-corrected chi connectivity index (χ4v) is 1.92. The zero-order chi connectivity index (χ0) is 11.5. The summed E-state index contributed by atoms with van der Waals surface area (Å²) in [4.78, 5) is 12.8. The number of carboxylic acid groups (broad SMARTS) is 1. The molecule has 0 saturated carbocycles. The van der Waals surface area contributed by atoms with Crippen molar-refractivity contribution >= 4 is 11.9 Å². The minimum absolute atomic E-state index is 0.313. The van der Waals surface area contributed by atoms with Gasteiger partial charge in [-0.25, -0.2) is 0 Å². The van der Waals surface area contributed by atoms with Gasteiger partial charge in [-0.3, -0.25) is 4.79 Å². The largest absolute Gasteiger partial charge is 0.480 e. The molecule has 2 heterocycles. The van der Waals surface area contributed by atoms with Crippen LogP contribution in [0.15, 0.2) is 16.5 Å². The van der Waals surface area contributed by atoms with Crippen molar-refractivity contribution in [3.8, 4) is 0 Å². The molecule has 1 aromatic heterocycles. The van der Waals surface area contributed by atoms with E-state index >= 15 is 0 Å². The second kappa shape index (κ2) is 4.57. The first-order chi connectivity index (χ1) is 7.68. The lowest BCUT2D eigenvalue weighted by Gasteiger charge is -2.26. The number of hydrogen-bond acceptors (Lipinski definition) is 4. The first-order valence-electron chi connectivity index (χ1n) is 5.51. The van der Waals surface area contributed by atoms with Crippen LogP contribution in [0.5, 0.6) is 0 Å². The molecule has 0 aliphatic carbocycles. The van der Waals surface area contributed by atoms with E-state index in [0.29, 0.717) is 5.76 Å². The zero-order valence-electron chi connectivity index (χ0n) is 9.06. The molecule has 0 radical (unpaired) electrons. The first-order valence-corrected chi connectivity index (χ1v) is 5.51. The van der Waals surface area contributed by atoms with Gasteiger partial charge >= 0.3 is 5.97 Å². The third-order valence-corrected chi connectivity index (χ3v) is 2.85. The number of rotatable bonds is 3. The Bertz CT molecular complexity index is 369. The van der Waals surface area contributed by atoms with E-state index in [2.05, 4.69) is 4.90 Å². The van der Waals surface area contributed by atoms with Gasteiger partial charge in [0.15, 0.2) is 11.9 Å². The zero-order valence-corrected chi connectivity index (χ0v) is 9.06. The molecule has 88 valence electrons. The molecule has 1 aliphatic heterocycles. The van der Waals surface area contributed by atoms with Gasteiger partial charge < -0.3 is 20.2 Å². The molecule has 1 atom stereocenters. The second-order valence-corrected chi connectivity index (χ2v) is 4.04. The Morgan fingerprint density at radius 2 is 2.06 bits per heavy atom. The molecule has 0 bridgehead atoms. The van der Waals surface area contributed by atoms with Gasteiger partial charge in [0.25, 0.3) is 0 Å². The molecule has 1 saturated heterocycles. The van der Waals surface area contributed by atoms with E-state index in [4.69, 9.17) is 15.3 Å². The number of piperidine rings is 1. The van der Waals surface area contributed by atoms with E-state index in [0.717, 1.165) is 31.8 Å². The van der Waals surface area contributed by atoms with Crippen LogP contribution in [0.4, 0.5) is 5.88 Å². The van der Waals surface area contributed by atoms with Crippen molar-refractivity contribution in [2.24, 2.45) is 5.73 Å². The molecule has 1 aliphatic rings. The lowest BCUT2D eigenvalue weighted by atomic mass is 10.1. The second-order valence-electron chi connectivity index (χ2n) is 4.04. The number of carboxylic acids is 1. The molecule has 0 aromatic carbocycles. The van der Waals surface area contributed by atoms with E-state index in [1.165, 1.54) is 6.42 Å². The summed E-state index contributed by atoms with van der Waals surface area (Å²) in [5, 5.41) is 8.76. The molecule has 0 spiro atoms. The molecule has 1 fully saturated rings. The summed E-state index contributed by atoms with van der Waals surface area (Å²) in [6, 6.07) is 2.37. The maximum Gasteiger partial charge on any atom is 0.328 e. The van der Waals surface area contributed by atoms with Gasteiger partial charge in [0.05, 0.1) is 0 Å². The maximum atomic E-state index is 10.7. The average molecular weight is 224 g/mol. The molecule has 5 heteroatoms. The van der Waals surface area contributed by atoms with E-state index in [9.17, 15) is 4.79 Å². The molecule has 1 aromatic rings. The highest BCUT2D eigenvalue weighted by atomic mass is 16.4. The van der Waals surface area contributed by atoms with Crippen LogP contribution < -0.4 is 10.6 Å². The van der Waals surface area contributed by atoms with E-state index in [-0.39, 0.29) is 0 Å². The van der Waals surface area contributed by atoms with E-state index in [1.807, 2.05) is 0 Å². The highest BCUT2D eigenvalue weighted by molar-refractivity contribution is 5.74. The van der Waals surface area contributed by atoms with Gasteiger partial charge in [-0.2, -0.15) is 0 Å². The van der Waals surface area contributed by atoms with E-state index < -0.39 is 12.0 Å². The van der Waals surface area contributed by atoms with Crippen molar-refractivity contribution in [2.45, 2.75) is 25.3 Å². The average Bonchev–Trinajstić information content (AvgIpc) is 2.78. The minimum atomic E-state index is -1.07. The Morgan fingerprint density at radius 3 is 2.69 bits per heavy atom. The Morgan fingerprint density at radius 1 is 1.38 bits per heavy atom. The summed E-state index contributed by atoms with van der Waals surface area (Å²) in [5.41, 5.74) is 5.47. The monoisotopic (exact) mass is 224 g/mol. The van der Waals surface area contributed by atoms with Crippen molar-refractivity contribution in [1.82, 2.24) is 0 Å². The predicted molar refractivity (Wildman–Crippen MR) is 59.3 cm³/mol. The fourth-order valence-electron chi connectivity index (χ4n) is 1.92. The molecule has 2 rings (SSSR count). The highest BCUT2D eigenvalue weighted by Crippen LogP contribution is 2.24. The summed E-state index contributed by atoms with van der Waals surface area (Å²) in [6.07, 6.45) is 3.56. The van der Waals surface area contributed by atoms with E-state index in [1.54, 1.807) is 12.1 Å². The third-order valence-electron chi connectivity index (χ3n) is 2.85. The topological polar surface area (TPSA) is 79.7 Å². The van der Waals surface area contributed by atoms with Gasteiger partial charge in [-0.05, 0) is 25.3 Å². The number of nitrogens with two attached hydrogens (primary N) is 1. The minimum Gasteiger partial charge on any atom is -0.480 e. The number of anilines is 1. The van der Waals surface area contributed by atoms with Gasteiger partial charge in [0, 0.05) is 19.2 Å². The van der Waals surface area contributed by atoms with Crippen molar-refractivity contribution in [1.29, 1.82) is 0 Å². The maximum absolute atomic E-state index is 10.7. The van der Waals surface area contributed by atoms with Gasteiger partial charge in [0.2, 0.25) is 0 Å². The lowest BCUT2D eigenvalue weighted by molar-refractivity contribution is -0.139.